The Morgan fingerprint density at radius 2 is 2.06 bits per heavy atom. The maximum absolute atomic E-state index is 6.00. The molecule has 0 aromatic heterocycles. The second-order valence-electron chi connectivity index (χ2n) is 6.60. The molecule has 5 unspecified atom stereocenters. The van der Waals surface area contributed by atoms with Crippen molar-refractivity contribution >= 4 is 12.4 Å². The molecule has 2 bridgehead atoms. The van der Waals surface area contributed by atoms with Crippen LogP contribution in [-0.4, -0.2) is 30.6 Å². The normalized spacial score (nSPS) is 42.7. The van der Waals surface area contributed by atoms with Crippen LogP contribution in [0.4, 0.5) is 0 Å². The van der Waals surface area contributed by atoms with E-state index in [1.165, 1.54) is 45.3 Å². The highest BCUT2D eigenvalue weighted by Crippen LogP contribution is 2.48. The Hall–Kier alpha value is 0.210. The molecule has 2 saturated carbocycles. The third kappa shape index (κ3) is 2.80. The lowest BCUT2D eigenvalue weighted by molar-refractivity contribution is 0.212. The molecule has 1 saturated heterocycles. The van der Waals surface area contributed by atoms with E-state index < -0.39 is 0 Å². The molecular weight excluding hydrogens is 232 g/mol. The molecule has 2 N–H and O–H groups in total. The molecule has 2 nitrogen and oxygen atoms in total. The van der Waals surface area contributed by atoms with Crippen molar-refractivity contribution in [2.75, 3.05) is 19.6 Å². The summed E-state index contributed by atoms with van der Waals surface area (Å²) < 4.78 is 0. The first-order chi connectivity index (χ1) is 7.72. The minimum Gasteiger partial charge on any atom is -0.328 e. The van der Waals surface area contributed by atoms with Crippen LogP contribution in [0.25, 0.3) is 0 Å². The van der Waals surface area contributed by atoms with Crippen LogP contribution in [0, 0.1) is 23.7 Å². The summed E-state index contributed by atoms with van der Waals surface area (Å²) in [6.07, 6.45) is 7.47. The minimum absolute atomic E-state index is 0. The highest BCUT2D eigenvalue weighted by Gasteiger charge is 2.40. The largest absolute Gasteiger partial charge is 0.328 e. The van der Waals surface area contributed by atoms with Crippen molar-refractivity contribution in [2.24, 2.45) is 29.4 Å². The number of fused-ring (bicyclic) bond motifs is 2. The van der Waals surface area contributed by atoms with E-state index >= 15 is 0 Å². The van der Waals surface area contributed by atoms with Gasteiger partial charge in [-0.15, -0.1) is 12.4 Å². The van der Waals surface area contributed by atoms with E-state index in [0.29, 0.717) is 6.04 Å². The van der Waals surface area contributed by atoms with Crippen molar-refractivity contribution in [1.82, 2.24) is 4.90 Å². The third-order valence-corrected chi connectivity index (χ3v) is 5.43. The van der Waals surface area contributed by atoms with Gasteiger partial charge in [-0.2, -0.15) is 0 Å². The van der Waals surface area contributed by atoms with Crippen LogP contribution in [0.1, 0.15) is 39.0 Å². The smallest absolute Gasteiger partial charge is 0.00514 e. The van der Waals surface area contributed by atoms with Crippen LogP contribution in [0.3, 0.4) is 0 Å². The van der Waals surface area contributed by atoms with Crippen LogP contribution in [-0.2, 0) is 0 Å². The zero-order valence-corrected chi connectivity index (χ0v) is 11.8. The van der Waals surface area contributed by atoms with Crippen molar-refractivity contribution in [3.63, 3.8) is 0 Å². The molecule has 17 heavy (non-hydrogen) atoms. The average Bonchev–Trinajstić information content (AvgIpc) is 2.91. The highest BCUT2D eigenvalue weighted by molar-refractivity contribution is 5.85. The molecule has 100 valence electrons. The Kier molecular flexibility index (Phi) is 4.38. The van der Waals surface area contributed by atoms with Gasteiger partial charge in [0.1, 0.15) is 0 Å². The number of halogens is 1. The fraction of sp³-hybridized carbons (Fsp3) is 1.00. The SMILES string of the molecule is CC(N)C1CCN(CC2CC3CCC2C3)C1.Cl. The van der Waals surface area contributed by atoms with Gasteiger partial charge in [0.25, 0.3) is 0 Å². The van der Waals surface area contributed by atoms with E-state index in [2.05, 4.69) is 11.8 Å². The van der Waals surface area contributed by atoms with Crippen molar-refractivity contribution in [3.8, 4) is 0 Å². The van der Waals surface area contributed by atoms with Gasteiger partial charge in [0.15, 0.2) is 0 Å². The fourth-order valence-corrected chi connectivity index (χ4v) is 4.39. The Morgan fingerprint density at radius 3 is 2.59 bits per heavy atom. The molecule has 3 heteroatoms. The summed E-state index contributed by atoms with van der Waals surface area (Å²) in [5, 5.41) is 0. The van der Waals surface area contributed by atoms with Crippen LogP contribution in [0.15, 0.2) is 0 Å². The predicted octanol–water partition coefficient (Wildman–Crippen LogP) is 2.51. The summed E-state index contributed by atoms with van der Waals surface area (Å²) in [6, 6.07) is 0.394. The molecule has 0 radical (unpaired) electrons. The standard InChI is InChI=1S/C14H26N2.ClH/c1-10(15)13-4-5-16(8-13)9-14-7-11-2-3-12(14)6-11;/h10-14H,2-9,15H2,1H3;1H. The molecule has 0 amide bonds. The predicted molar refractivity (Wildman–Crippen MR) is 74.4 cm³/mol. The highest BCUT2D eigenvalue weighted by atomic mass is 35.5. The minimum atomic E-state index is 0. The monoisotopic (exact) mass is 258 g/mol. The first kappa shape index (κ1) is 13.6. The van der Waals surface area contributed by atoms with Gasteiger partial charge in [0.05, 0.1) is 0 Å². The van der Waals surface area contributed by atoms with E-state index in [1.54, 1.807) is 6.42 Å². The molecular formula is C14H27ClN2. The van der Waals surface area contributed by atoms with E-state index in [4.69, 9.17) is 5.73 Å². The summed E-state index contributed by atoms with van der Waals surface area (Å²) in [5.41, 5.74) is 6.00. The summed E-state index contributed by atoms with van der Waals surface area (Å²) in [6.45, 7) is 6.13. The Morgan fingerprint density at radius 1 is 1.24 bits per heavy atom. The van der Waals surface area contributed by atoms with Crippen LogP contribution >= 0.6 is 12.4 Å². The van der Waals surface area contributed by atoms with E-state index in [0.717, 1.165) is 23.7 Å². The van der Waals surface area contributed by atoms with Crippen LogP contribution < -0.4 is 5.73 Å². The quantitative estimate of drug-likeness (QED) is 0.843. The van der Waals surface area contributed by atoms with Gasteiger partial charge >= 0.3 is 0 Å². The molecule has 0 aromatic carbocycles. The lowest BCUT2D eigenvalue weighted by atomic mass is 9.88. The van der Waals surface area contributed by atoms with Gasteiger partial charge in [0, 0.05) is 19.1 Å². The number of hydrogen-bond acceptors (Lipinski definition) is 2. The number of likely N-dealkylation sites (tertiary alicyclic amines) is 1. The molecule has 0 spiro atoms. The fourth-order valence-electron chi connectivity index (χ4n) is 4.39. The second kappa shape index (κ2) is 5.46. The molecule has 2 aliphatic carbocycles. The number of hydrogen-bond donors (Lipinski definition) is 1. The maximum Gasteiger partial charge on any atom is 0.00514 e. The van der Waals surface area contributed by atoms with Gasteiger partial charge in [-0.05, 0) is 62.8 Å². The summed E-state index contributed by atoms with van der Waals surface area (Å²) in [7, 11) is 0. The first-order valence-electron chi connectivity index (χ1n) is 7.20. The number of rotatable bonds is 3. The lowest BCUT2D eigenvalue weighted by Gasteiger charge is -2.27. The Labute approximate surface area is 112 Å². The molecule has 1 aliphatic heterocycles. The Balaban J connectivity index is 0.00000108. The summed E-state index contributed by atoms with van der Waals surface area (Å²) in [4.78, 5) is 2.69. The zero-order chi connectivity index (χ0) is 11.1. The number of nitrogens with two attached hydrogens (primary N) is 1. The van der Waals surface area contributed by atoms with Gasteiger partial charge in [0.2, 0.25) is 0 Å². The molecule has 3 aliphatic rings. The van der Waals surface area contributed by atoms with Gasteiger partial charge in [-0.25, -0.2) is 0 Å². The summed E-state index contributed by atoms with van der Waals surface area (Å²) >= 11 is 0. The maximum atomic E-state index is 6.00. The van der Waals surface area contributed by atoms with E-state index in [9.17, 15) is 0 Å². The van der Waals surface area contributed by atoms with Gasteiger partial charge in [-0.3, -0.25) is 0 Å². The molecule has 1 heterocycles. The number of nitrogens with zero attached hydrogens (tertiary/aromatic N) is 1. The van der Waals surface area contributed by atoms with Gasteiger partial charge < -0.3 is 10.6 Å². The Bertz CT molecular complexity index is 257. The lowest BCUT2D eigenvalue weighted by Crippen LogP contribution is -2.33. The topological polar surface area (TPSA) is 29.3 Å². The molecule has 5 atom stereocenters. The second-order valence-corrected chi connectivity index (χ2v) is 6.60. The van der Waals surface area contributed by atoms with Crippen molar-refractivity contribution in [3.05, 3.63) is 0 Å². The van der Waals surface area contributed by atoms with Crippen LogP contribution in [0.2, 0.25) is 0 Å². The van der Waals surface area contributed by atoms with Crippen molar-refractivity contribution < 1.29 is 0 Å². The molecule has 3 fully saturated rings. The van der Waals surface area contributed by atoms with Crippen molar-refractivity contribution in [2.45, 2.75) is 45.1 Å². The average molecular weight is 259 g/mol. The molecule has 3 rings (SSSR count). The zero-order valence-electron chi connectivity index (χ0n) is 11.0. The molecule has 0 aromatic rings. The van der Waals surface area contributed by atoms with Crippen LogP contribution in [0.5, 0.6) is 0 Å². The van der Waals surface area contributed by atoms with Gasteiger partial charge in [-0.1, -0.05) is 6.42 Å². The van der Waals surface area contributed by atoms with Crippen molar-refractivity contribution in [1.29, 1.82) is 0 Å². The third-order valence-electron chi connectivity index (χ3n) is 5.43. The summed E-state index contributed by atoms with van der Waals surface area (Å²) in [5.74, 6) is 3.98. The van der Waals surface area contributed by atoms with E-state index in [1.807, 2.05) is 0 Å². The van der Waals surface area contributed by atoms with E-state index in [-0.39, 0.29) is 12.4 Å². The first-order valence-corrected chi connectivity index (χ1v) is 7.20.